The average molecular weight is 400 g/mol. The summed E-state index contributed by atoms with van der Waals surface area (Å²) in [7, 11) is 0. The molecule has 2 aromatic carbocycles. The van der Waals surface area contributed by atoms with Crippen molar-refractivity contribution in [2.45, 2.75) is 19.1 Å². The number of ether oxygens (including phenoxy) is 1. The van der Waals surface area contributed by atoms with E-state index in [1.54, 1.807) is 0 Å². The van der Waals surface area contributed by atoms with Crippen LogP contribution in [-0.4, -0.2) is 61.0 Å². The highest BCUT2D eigenvalue weighted by Crippen LogP contribution is 2.22. The quantitative estimate of drug-likeness (QED) is 0.839. The van der Waals surface area contributed by atoms with Gasteiger partial charge in [0.15, 0.2) is 0 Å². The highest BCUT2D eigenvalue weighted by Gasteiger charge is 2.31. The maximum atomic E-state index is 13.0. The van der Waals surface area contributed by atoms with Gasteiger partial charge in [-0.1, -0.05) is 29.8 Å². The number of hydrogen-bond acceptors (Lipinski definition) is 4. The molecule has 0 aromatic heterocycles. The molecule has 2 saturated heterocycles. The Morgan fingerprint density at radius 2 is 1.93 bits per heavy atom. The van der Waals surface area contributed by atoms with Gasteiger partial charge in [-0.05, 0) is 42.3 Å². The van der Waals surface area contributed by atoms with Crippen molar-refractivity contribution in [1.82, 2.24) is 15.1 Å². The van der Waals surface area contributed by atoms with Crippen LogP contribution in [0.15, 0.2) is 48.5 Å². The predicted octanol–water partition coefficient (Wildman–Crippen LogP) is 3.04. The van der Waals surface area contributed by atoms with Gasteiger partial charge >= 0.3 is 0 Å². The molecule has 1 atom stereocenters. The number of piperazine rings is 1. The Morgan fingerprint density at radius 1 is 1.11 bits per heavy atom. The van der Waals surface area contributed by atoms with Gasteiger partial charge in [-0.3, -0.25) is 9.69 Å². The molecule has 0 bridgehead atoms. The monoisotopic (exact) mass is 399 g/mol. The first-order chi connectivity index (χ1) is 13.7. The lowest BCUT2D eigenvalue weighted by atomic mass is 10.2. The smallest absolute Gasteiger partial charge is 0.254 e. The highest BCUT2D eigenvalue weighted by molar-refractivity contribution is 6.30. The van der Waals surface area contributed by atoms with Crippen LogP contribution >= 0.6 is 11.6 Å². The van der Waals surface area contributed by atoms with Crippen molar-refractivity contribution < 1.29 is 9.53 Å². The molecule has 148 valence electrons. The first-order valence-corrected chi connectivity index (χ1v) is 10.3. The van der Waals surface area contributed by atoms with E-state index >= 15 is 0 Å². The lowest BCUT2D eigenvalue weighted by Gasteiger charge is -2.32. The first kappa shape index (κ1) is 19.2. The van der Waals surface area contributed by atoms with Gasteiger partial charge < -0.3 is 15.0 Å². The summed E-state index contributed by atoms with van der Waals surface area (Å²) in [4.78, 5) is 17.5. The van der Waals surface area contributed by atoms with Crippen molar-refractivity contribution in [2.24, 2.45) is 0 Å². The Bertz CT molecular complexity index is 823. The maximum absolute atomic E-state index is 13.0. The van der Waals surface area contributed by atoms with E-state index in [1.807, 2.05) is 53.4 Å². The average Bonchev–Trinajstić information content (AvgIpc) is 3.23. The van der Waals surface area contributed by atoms with Crippen LogP contribution in [0.25, 0.3) is 0 Å². The van der Waals surface area contributed by atoms with E-state index in [4.69, 9.17) is 16.3 Å². The molecule has 6 heteroatoms. The number of rotatable bonds is 5. The van der Waals surface area contributed by atoms with Gasteiger partial charge in [0, 0.05) is 55.9 Å². The number of nitrogens with one attached hydrogen (secondary N) is 1. The molecule has 1 N–H and O–H groups in total. The number of carbonyl (C=O) groups is 1. The molecule has 4 rings (SSSR count). The Labute approximate surface area is 171 Å². The number of carbonyl (C=O) groups excluding carboxylic acids is 1. The van der Waals surface area contributed by atoms with E-state index in [-0.39, 0.29) is 5.91 Å². The lowest BCUT2D eigenvalue weighted by molar-refractivity contribution is 0.0773. The Kier molecular flexibility index (Phi) is 6.15. The Balaban J connectivity index is 1.36. The number of amides is 1. The summed E-state index contributed by atoms with van der Waals surface area (Å²) in [6.45, 7) is 6.27. The fraction of sp³-hybridized carbons (Fsp3) is 0.409. The van der Waals surface area contributed by atoms with E-state index in [0.29, 0.717) is 29.0 Å². The zero-order chi connectivity index (χ0) is 19.3. The molecule has 2 heterocycles. The minimum absolute atomic E-state index is 0.0887. The van der Waals surface area contributed by atoms with Crippen molar-refractivity contribution in [3.05, 3.63) is 64.7 Å². The topological polar surface area (TPSA) is 44.8 Å². The number of hydrogen-bond donors (Lipinski definition) is 1. The van der Waals surface area contributed by atoms with Crippen LogP contribution in [-0.2, 0) is 6.61 Å². The van der Waals surface area contributed by atoms with Gasteiger partial charge in [-0.15, -0.1) is 0 Å². The fourth-order valence-electron chi connectivity index (χ4n) is 3.97. The van der Waals surface area contributed by atoms with Crippen LogP contribution in [0.4, 0.5) is 0 Å². The van der Waals surface area contributed by atoms with E-state index in [2.05, 4.69) is 10.2 Å². The summed E-state index contributed by atoms with van der Waals surface area (Å²) in [6, 6.07) is 15.6. The molecule has 0 saturated carbocycles. The molecule has 0 radical (unpaired) electrons. The second-order valence-electron chi connectivity index (χ2n) is 7.43. The van der Waals surface area contributed by atoms with Crippen molar-refractivity contribution in [3.63, 3.8) is 0 Å². The molecule has 28 heavy (non-hydrogen) atoms. The van der Waals surface area contributed by atoms with Crippen molar-refractivity contribution >= 4 is 17.5 Å². The molecule has 2 fully saturated rings. The minimum atomic E-state index is 0.0887. The standard InChI is InChI=1S/C22H26ClN3O2/c23-19-5-1-3-17(13-19)16-28-21-6-2-4-18(14-21)22(27)26-10-7-20(15-26)25-11-8-24-9-12-25/h1-6,13-14,20,24H,7-12,15-16H2. The predicted molar refractivity (Wildman–Crippen MR) is 111 cm³/mol. The lowest BCUT2D eigenvalue weighted by Crippen LogP contribution is -2.49. The van der Waals surface area contributed by atoms with Gasteiger partial charge in [0.25, 0.3) is 5.91 Å². The van der Waals surface area contributed by atoms with Gasteiger partial charge in [-0.2, -0.15) is 0 Å². The van der Waals surface area contributed by atoms with Gasteiger partial charge in [-0.25, -0.2) is 0 Å². The highest BCUT2D eigenvalue weighted by atomic mass is 35.5. The van der Waals surface area contributed by atoms with E-state index in [0.717, 1.165) is 51.3 Å². The molecule has 1 unspecified atom stereocenters. The molecule has 0 spiro atoms. The zero-order valence-corrected chi connectivity index (χ0v) is 16.7. The van der Waals surface area contributed by atoms with E-state index in [1.165, 1.54) is 0 Å². The third-order valence-electron chi connectivity index (χ3n) is 5.49. The number of benzene rings is 2. The SMILES string of the molecule is O=C(c1cccc(OCc2cccc(Cl)c2)c1)N1CCC(N2CCNCC2)C1. The second-order valence-corrected chi connectivity index (χ2v) is 7.86. The van der Waals surface area contributed by atoms with Crippen molar-refractivity contribution in [1.29, 1.82) is 0 Å². The van der Waals surface area contributed by atoms with Crippen molar-refractivity contribution in [3.8, 4) is 5.75 Å². The summed E-state index contributed by atoms with van der Waals surface area (Å²) < 4.78 is 5.87. The van der Waals surface area contributed by atoms with E-state index in [9.17, 15) is 4.79 Å². The summed E-state index contributed by atoms with van der Waals surface area (Å²) in [5.41, 5.74) is 1.69. The zero-order valence-electron chi connectivity index (χ0n) is 15.9. The number of likely N-dealkylation sites (tertiary alicyclic amines) is 1. The molecule has 0 aliphatic carbocycles. The van der Waals surface area contributed by atoms with Crippen LogP contribution in [0, 0.1) is 0 Å². The summed E-state index contributed by atoms with van der Waals surface area (Å²) >= 11 is 6.02. The largest absolute Gasteiger partial charge is 0.489 e. The molecular weight excluding hydrogens is 374 g/mol. The van der Waals surface area contributed by atoms with Crippen LogP contribution in [0.3, 0.4) is 0 Å². The molecule has 5 nitrogen and oxygen atoms in total. The number of nitrogens with zero attached hydrogens (tertiary/aromatic N) is 2. The number of halogens is 1. The molecule has 1 amide bonds. The summed E-state index contributed by atoms with van der Waals surface area (Å²) in [5, 5.41) is 4.08. The third-order valence-corrected chi connectivity index (χ3v) is 5.73. The Hall–Kier alpha value is -2.08. The van der Waals surface area contributed by atoms with Gasteiger partial charge in [0.2, 0.25) is 0 Å². The van der Waals surface area contributed by atoms with Gasteiger partial charge in [0.05, 0.1) is 0 Å². The summed E-state index contributed by atoms with van der Waals surface area (Å²) in [6.07, 6.45) is 1.05. The molecular formula is C22H26ClN3O2. The van der Waals surface area contributed by atoms with Crippen LogP contribution in [0.5, 0.6) is 5.75 Å². The molecule has 2 aromatic rings. The van der Waals surface area contributed by atoms with Crippen LogP contribution in [0.1, 0.15) is 22.3 Å². The third kappa shape index (κ3) is 4.66. The van der Waals surface area contributed by atoms with E-state index < -0.39 is 0 Å². The van der Waals surface area contributed by atoms with Crippen LogP contribution < -0.4 is 10.1 Å². The first-order valence-electron chi connectivity index (χ1n) is 9.90. The Morgan fingerprint density at radius 3 is 2.75 bits per heavy atom. The van der Waals surface area contributed by atoms with Crippen LogP contribution in [0.2, 0.25) is 5.02 Å². The molecule has 2 aliphatic rings. The molecule has 2 aliphatic heterocycles. The normalized spacial score (nSPS) is 20.3. The van der Waals surface area contributed by atoms with Crippen molar-refractivity contribution in [2.75, 3.05) is 39.3 Å². The fourth-order valence-corrected chi connectivity index (χ4v) is 4.18. The van der Waals surface area contributed by atoms with Gasteiger partial charge in [0.1, 0.15) is 12.4 Å². The maximum Gasteiger partial charge on any atom is 0.254 e. The minimum Gasteiger partial charge on any atom is -0.489 e. The second kappa shape index (κ2) is 8.95. The summed E-state index contributed by atoms with van der Waals surface area (Å²) in [5.74, 6) is 0.787.